The minimum atomic E-state index is -0.449. The van der Waals surface area contributed by atoms with Crippen LogP contribution in [0.3, 0.4) is 0 Å². The maximum absolute atomic E-state index is 13.0. The predicted octanol–water partition coefficient (Wildman–Crippen LogP) is 6.93. The second kappa shape index (κ2) is 8.50. The van der Waals surface area contributed by atoms with E-state index < -0.39 is 11.9 Å². The number of esters is 2. The molecule has 1 aromatic rings. The molecule has 2 saturated carbocycles. The summed E-state index contributed by atoms with van der Waals surface area (Å²) in [4.78, 5) is 26.0. The summed E-state index contributed by atoms with van der Waals surface area (Å²) in [7, 11) is 0. The monoisotopic (exact) mass is 442 g/mol. The Labute approximate surface area is 194 Å². The van der Waals surface area contributed by atoms with Gasteiger partial charge in [-0.05, 0) is 60.5 Å². The van der Waals surface area contributed by atoms with Gasteiger partial charge in [-0.3, -0.25) is 0 Å². The maximum Gasteiger partial charge on any atom is 0.339 e. The molecule has 0 aliphatic heterocycles. The van der Waals surface area contributed by atoms with Gasteiger partial charge in [0.15, 0.2) is 0 Å². The minimum Gasteiger partial charge on any atom is -0.461 e. The fourth-order valence-electron chi connectivity index (χ4n) is 5.59. The van der Waals surface area contributed by atoms with Crippen molar-refractivity contribution in [1.29, 1.82) is 0 Å². The molecule has 0 saturated heterocycles. The van der Waals surface area contributed by atoms with Gasteiger partial charge in [0.05, 0.1) is 24.3 Å². The van der Waals surface area contributed by atoms with Crippen LogP contribution < -0.4 is 0 Å². The van der Waals surface area contributed by atoms with Crippen LogP contribution >= 0.6 is 0 Å². The third-order valence-corrected chi connectivity index (χ3v) is 10.2. The first-order chi connectivity index (χ1) is 14.8. The van der Waals surface area contributed by atoms with E-state index in [0.717, 1.165) is 25.7 Å². The van der Waals surface area contributed by atoms with E-state index in [-0.39, 0.29) is 32.8 Å². The Kier molecular flexibility index (Phi) is 6.59. The van der Waals surface area contributed by atoms with E-state index in [1.165, 1.54) is 0 Å². The summed E-state index contributed by atoms with van der Waals surface area (Å²) in [6.45, 7) is 18.7. The standard InChI is InChI=1S/C28H42O4/c1-19-13-15-27(7,25(19,3)4)17-31-23(29)21-11-9-10-12-22(21)24(30)32-18-28(8)16-14-20(2)26(28,5)6/h9-12,19-20H,13-18H2,1-8H3/t19-,20-,27-,28-/m1/s1. The molecule has 0 unspecified atom stereocenters. The third kappa shape index (κ3) is 4.10. The molecule has 2 fully saturated rings. The number of rotatable bonds is 6. The third-order valence-electron chi connectivity index (χ3n) is 10.2. The smallest absolute Gasteiger partial charge is 0.339 e. The highest BCUT2D eigenvalue weighted by Crippen LogP contribution is 2.56. The molecule has 0 radical (unpaired) electrons. The number of ether oxygens (including phenoxy) is 2. The van der Waals surface area contributed by atoms with E-state index in [2.05, 4.69) is 55.4 Å². The molecule has 2 aliphatic carbocycles. The van der Waals surface area contributed by atoms with Gasteiger partial charge in [0.2, 0.25) is 0 Å². The first kappa shape index (κ1) is 24.8. The van der Waals surface area contributed by atoms with Gasteiger partial charge >= 0.3 is 11.9 Å². The fourth-order valence-corrected chi connectivity index (χ4v) is 5.59. The lowest BCUT2D eigenvalue weighted by molar-refractivity contribution is -0.00643. The molecule has 4 heteroatoms. The highest BCUT2D eigenvalue weighted by molar-refractivity contribution is 6.03. The zero-order chi connectivity index (χ0) is 23.9. The molecule has 0 aromatic heterocycles. The van der Waals surface area contributed by atoms with Crippen molar-refractivity contribution >= 4 is 11.9 Å². The first-order valence-electron chi connectivity index (χ1n) is 12.2. The average Bonchev–Trinajstić information content (AvgIpc) is 3.09. The number of hydrogen-bond acceptors (Lipinski definition) is 4. The fraction of sp³-hybridized carbons (Fsp3) is 0.714. The van der Waals surface area contributed by atoms with Crippen LogP contribution in [0.5, 0.6) is 0 Å². The summed E-state index contributed by atoms with van der Waals surface area (Å²) >= 11 is 0. The van der Waals surface area contributed by atoms with Crippen molar-refractivity contribution in [2.45, 2.75) is 81.1 Å². The Morgan fingerprint density at radius 1 is 0.750 bits per heavy atom. The van der Waals surface area contributed by atoms with Gasteiger partial charge in [0.25, 0.3) is 0 Å². The molecule has 4 atom stereocenters. The summed E-state index contributed by atoms with van der Waals surface area (Å²) < 4.78 is 11.6. The van der Waals surface area contributed by atoms with Crippen molar-refractivity contribution < 1.29 is 19.1 Å². The molecular weight excluding hydrogens is 400 g/mol. The normalized spacial score (nSPS) is 33.1. The number of hydrogen-bond donors (Lipinski definition) is 0. The molecule has 1 aromatic carbocycles. The molecule has 0 N–H and O–H groups in total. The summed E-state index contributed by atoms with van der Waals surface area (Å²) in [5.41, 5.74) is 0.607. The quantitative estimate of drug-likeness (QED) is 0.448. The Hall–Kier alpha value is -1.84. The Bertz CT molecular complexity index is 799. The summed E-state index contributed by atoms with van der Waals surface area (Å²) in [6.07, 6.45) is 4.34. The lowest BCUT2D eigenvalue weighted by atomic mass is 9.66. The topological polar surface area (TPSA) is 52.6 Å². The summed E-state index contributed by atoms with van der Waals surface area (Å²) in [5, 5.41) is 0. The molecular formula is C28H42O4. The van der Waals surface area contributed by atoms with Crippen LogP contribution in [-0.2, 0) is 9.47 Å². The molecule has 32 heavy (non-hydrogen) atoms. The maximum atomic E-state index is 13.0. The molecule has 4 nitrogen and oxygen atoms in total. The summed E-state index contributed by atoms with van der Waals surface area (Å²) in [5.74, 6) is 0.264. The molecule has 2 aliphatic rings. The van der Waals surface area contributed by atoms with Crippen LogP contribution in [0.15, 0.2) is 24.3 Å². The van der Waals surface area contributed by atoms with Crippen molar-refractivity contribution in [3.05, 3.63) is 35.4 Å². The van der Waals surface area contributed by atoms with Gasteiger partial charge < -0.3 is 9.47 Å². The average molecular weight is 443 g/mol. The summed E-state index contributed by atoms with van der Waals surface area (Å²) in [6, 6.07) is 6.85. The number of carbonyl (C=O) groups is 2. The van der Waals surface area contributed by atoms with Gasteiger partial charge in [-0.1, -0.05) is 67.5 Å². The number of carbonyl (C=O) groups excluding carboxylic acids is 2. The van der Waals surface area contributed by atoms with Crippen LogP contribution in [0, 0.1) is 33.5 Å². The van der Waals surface area contributed by atoms with Crippen LogP contribution in [0.25, 0.3) is 0 Å². The lowest BCUT2D eigenvalue weighted by Gasteiger charge is -2.40. The Balaban J connectivity index is 1.69. The van der Waals surface area contributed by atoms with E-state index in [9.17, 15) is 9.59 Å². The zero-order valence-electron chi connectivity index (χ0n) is 21.3. The van der Waals surface area contributed by atoms with Crippen molar-refractivity contribution in [3.8, 4) is 0 Å². The highest BCUT2D eigenvalue weighted by atomic mass is 16.5. The van der Waals surface area contributed by atoms with Crippen LogP contribution in [-0.4, -0.2) is 25.2 Å². The first-order valence-corrected chi connectivity index (χ1v) is 12.2. The van der Waals surface area contributed by atoms with E-state index in [0.29, 0.717) is 25.0 Å². The molecule has 0 amide bonds. The SMILES string of the molecule is C[C@@H]1CC[C@](C)(COC(=O)c2ccccc2C(=O)OC[C@@]2(C)CC[C@@H](C)C2(C)C)C1(C)C. The van der Waals surface area contributed by atoms with Gasteiger partial charge in [0, 0.05) is 10.8 Å². The van der Waals surface area contributed by atoms with E-state index in [1.807, 2.05) is 0 Å². The van der Waals surface area contributed by atoms with Crippen LogP contribution in [0.1, 0.15) is 102 Å². The highest BCUT2D eigenvalue weighted by Gasteiger charge is 2.51. The molecule has 0 bridgehead atoms. The van der Waals surface area contributed by atoms with E-state index in [4.69, 9.17) is 9.47 Å². The minimum absolute atomic E-state index is 0.0725. The van der Waals surface area contributed by atoms with E-state index >= 15 is 0 Å². The molecule has 0 spiro atoms. The van der Waals surface area contributed by atoms with Crippen molar-refractivity contribution in [2.75, 3.05) is 13.2 Å². The van der Waals surface area contributed by atoms with Gasteiger partial charge in [-0.25, -0.2) is 9.59 Å². The van der Waals surface area contributed by atoms with Crippen LogP contribution in [0.2, 0.25) is 0 Å². The predicted molar refractivity (Wildman–Crippen MR) is 128 cm³/mol. The van der Waals surface area contributed by atoms with E-state index in [1.54, 1.807) is 24.3 Å². The largest absolute Gasteiger partial charge is 0.461 e. The van der Waals surface area contributed by atoms with Crippen LogP contribution in [0.4, 0.5) is 0 Å². The molecule has 3 rings (SSSR count). The molecule has 178 valence electrons. The zero-order valence-corrected chi connectivity index (χ0v) is 21.3. The van der Waals surface area contributed by atoms with Crippen molar-refractivity contribution in [1.82, 2.24) is 0 Å². The number of benzene rings is 1. The van der Waals surface area contributed by atoms with Crippen molar-refractivity contribution in [3.63, 3.8) is 0 Å². The second-order valence-electron chi connectivity index (χ2n) is 12.1. The lowest BCUT2D eigenvalue weighted by Crippen LogP contribution is -2.38. The Morgan fingerprint density at radius 2 is 1.09 bits per heavy atom. The van der Waals surface area contributed by atoms with Crippen molar-refractivity contribution in [2.24, 2.45) is 33.5 Å². The molecule has 0 heterocycles. The van der Waals surface area contributed by atoms with Gasteiger partial charge in [0.1, 0.15) is 0 Å². The second-order valence-corrected chi connectivity index (χ2v) is 12.1. The van der Waals surface area contributed by atoms with Gasteiger partial charge in [-0.2, -0.15) is 0 Å². The van der Waals surface area contributed by atoms with Gasteiger partial charge in [-0.15, -0.1) is 0 Å². The Morgan fingerprint density at radius 3 is 1.38 bits per heavy atom.